The summed E-state index contributed by atoms with van der Waals surface area (Å²) in [5.41, 5.74) is 16.7. The van der Waals surface area contributed by atoms with Crippen LogP contribution in [-0.2, 0) is 35.2 Å². The third-order valence-corrected chi connectivity index (χ3v) is 5.85. The highest BCUT2D eigenvalue weighted by atomic mass is 16.4. The SMILES string of the molecule is NC(N)=NCCCC(NC(=O)C(CCC(=O)O)NC(=O)C(Cc1ccc(O)cc1)NC(=O)C(N)CCC(=O)O)C(=O)O. The van der Waals surface area contributed by atoms with Crippen LogP contribution in [0.3, 0.4) is 0 Å². The molecule has 0 bridgehead atoms. The fourth-order valence-corrected chi connectivity index (χ4v) is 3.61. The second kappa shape index (κ2) is 17.7. The number of nitrogens with zero attached hydrogens (tertiary/aromatic N) is 1. The number of phenols is 1. The standard InChI is InChI=1S/C25H37N7O10/c26-15(7-9-19(34)35)21(38)32-18(12-13-3-5-14(33)6-4-13)23(40)30-16(8-10-20(36)37)22(39)31-17(24(41)42)2-1-11-29-25(27)28/h3-6,15-18,33H,1-2,7-12,26H2,(H,30,40)(H,31,39)(H,32,38)(H,34,35)(H,36,37)(H,41,42)(H4,27,28,29). The lowest BCUT2D eigenvalue weighted by atomic mass is 10.0. The number of aliphatic imine (C=N–C) groups is 1. The van der Waals surface area contributed by atoms with Crippen molar-refractivity contribution in [2.75, 3.05) is 6.54 Å². The van der Waals surface area contributed by atoms with Crippen molar-refractivity contribution in [2.24, 2.45) is 22.2 Å². The molecule has 1 aromatic rings. The quantitative estimate of drug-likeness (QED) is 0.0453. The summed E-state index contributed by atoms with van der Waals surface area (Å²) in [6.45, 7) is 0.0917. The van der Waals surface area contributed by atoms with Crippen LogP contribution in [0.25, 0.3) is 0 Å². The van der Waals surface area contributed by atoms with E-state index in [9.17, 15) is 39.0 Å². The lowest BCUT2D eigenvalue weighted by Gasteiger charge is -2.25. The van der Waals surface area contributed by atoms with E-state index in [4.69, 9.17) is 27.4 Å². The van der Waals surface area contributed by atoms with Gasteiger partial charge in [0, 0.05) is 25.8 Å². The Morgan fingerprint density at radius 3 is 1.81 bits per heavy atom. The minimum atomic E-state index is -1.51. The summed E-state index contributed by atoms with van der Waals surface area (Å²) in [6.07, 6.45) is -1.65. The van der Waals surface area contributed by atoms with Crippen LogP contribution in [0.15, 0.2) is 29.3 Å². The lowest BCUT2D eigenvalue weighted by Crippen LogP contribution is -2.57. The normalized spacial score (nSPS) is 13.5. The zero-order valence-electron chi connectivity index (χ0n) is 22.7. The summed E-state index contributed by atoms with van der Waals surface area (Å²) in [4.78, 5) is 76.4. The number of carbonyl (C=O) groups excluding carboxylic acids is 3. The molecule has 232 valence electrons. The number of carbonyl (C=O) groups is 6. The lowest BCUT2D eigenvalue weighted by molar-refractivity contribution is -0.143. The van der Waals surface area contributed by atoms with E-state index in [1.807, 2.05) is 0 Å². The summed E-state index contributed by atoms with van der Waals surface area (Å²) >= 11 is 0. The highest BCUT2D eigenvalue weighted by Gasteiger charge is 2.31. The Morgan fingerprint density at radius 1 is 0.738 bits per heavy atom. The van der Waals surface area contributed by atoms with Crippen LogP contribution in [0, 0.1) is 0 Å². The van der Waals surface area contributed by atoms with Crippen molar-refractivity contribution >= 4 is 41.6 Å². The monoisotopic (exact) mass is 595 g/mol. The molecule has 0 saturated carbocycles. The fourth-order valence-electron chi connectivity index (χ4n) is 3.61. The molecule has 13 N–H and O–H groups in total. The molecule has 42 heavy (non-hydrogen) atoms. The van der Waals surface area contributed by atoms with E-state index in [2.05, 4.69) is 20.9 Å². The molecule has 0 aromatic heterocycles. The fraction of sp³-hybridized carbons (Fsp3) is 0.480. The van der Waals surface area contributed by atoms with Crippen LogP contribution >= 0.6 is 0 Å². The van der Waals surface area contributed by atoms with Crippen LogP contribution < -0.4 is 33.2 Å². The first-order valence-electron chi connectivity index (χ1n) is 12.9. The number of phenolic OH excluding ortho intramolecular Hbond substituents is 1. The summed E-state index contributed by atoms with van der Waals surface area (Å²) < 4.78 is 0. The Hall–Kier alpha value is -4.93. The van der Waals surface area contributed by atoms with E-state index in [-0.39, 0.29) is 43.9 Å². The molecule has 17 nitrogen and oxygen atoms in total. The van der Waals surface area contributed by atoms with Crippen molar-refractivity contribution in [1.82, 2.24) is 16.0 Å². The molecule has 0 spiro atoms. The van der Waals surface area contributed by atoms with E-state index in [1.54, 1.807) is 0 Å². The highest BCUT2D eigenvalue weighted by molar-refractivity contribution is 5.94. The van der Waals surface area contributed by atoms with Gasteiger partial charge >= 0.3 is 17.9 Å². The van der Waals surface area contributed by atoms with Gasteiger partial charge in [-0.25, -0.2) is 4.79 Å². The van der Waals surface area contributed by atoms with Crippen molar-refractivity contribution in [2.45, 2.75) is 69.1 Å². The number of aromatic hydroxyl groups is 1. The minimum Gasteiger partial charge on any atom is -0.508 e. The second-order valence-electron chi connectivity index (χ2n) is 9.31. The van der Waals surface area contributed by atoms with Gasteiger partial charge in [-0.1, -0.05) is 12.1 Å². The zero-order valence-corrected chi connectivity index (χ0v) is 22.7. The summed E-state index contributed by atoms with van der Waals surface area (Å²) in [7, 11) is 0. The van der Waals surface area contributed by atoms with E-state index in [1.165, 1.54) is 24.3 Å². The topological polar surface area (TPSA) is 310 Å². The van der Waals surface area contributed by atoms with Gasteiger partial charge in [0.05, 0.1) is 6.04 Å². The molecule has 1 aromatic carbocycles. The van der Waals surface area contributed by atoms with Gasteiger partial charge < -0.3 is 53.6 Å². The molecule has 1 rings (SSSR count). The average molecular weight is 596 g/mol. The maximum atomic E-state index is 13.3. The zero-order chi connectivity index (χ0) is 31.8. The second-order valence-corrected chi connectivity index (χ2v) is 9.31. The number of amides is 3. The van der Waals surface area contributed by atoms with Gasteiger partial charge in [0.15, 0.2) is 5.96 Å². The van der Waals surface area contributed by atoms with Crippen LogP contribution in [-0.4, -0.2) is 92.7 Å². The van der Waals surface area contributed by atoms with E-state index >= 15 is 0 Å². The molecular weight excluding hydrogens is 558 g/mol. The highest BCUT2D eigenvalue weighted by Crippen LogP contribution is 2.12. The Morgan fingerprint density at radius 2 is 1.26 bits per heavy atom. The number of nitrogens with one attached hydrogen (secondary N) is 3. The van der Waals surface area contributed by atoms with Gasteiger partial charge in [-0.05, 0) is 43.4 Å². The molecule has 0 aliphatic rings. The van der Waals surface area contributed by atoms with Crippen molar-refractivity contribution in [3.05, 3.63) is 29.8 Å². The van der Waals surface area contributed by atoms with Gasteiger partial charge in [-0.2, -0.15) is 0 Å². The Bertz CT molecular complexity index is 1140. The maximum absolute atomic E-state index is 13.3. The summed E-state index contributed by atoms with van der Waals surface area (Å²) in [5, 5.41) is 44.1. The largest absolute Gasteiger partial charge is 0.508 e. The van der Waals surface area contributed by atoms with Crippen molar-refractivity contribution < 1.29 is 49.2 Å². The molecule has 3 amide bonds. The van der Waals surface area contributed by atoms with Gasteiger partial charge in [0.1, 0.15) is 23.9 Å². The average Bonchev–Trinajstić information content (AvgIpc) is 2.91. The summed E-state index contributed by atoms with van der Waals surface area (Å²) in [6, 6.07) is 0.0653. The van der Waals surface area contributed by atoms with Crippen LogP contribution in [0.1, 0.15) is 44.1 Å². The Balaban J connectivity index is 3.13. The first-order chi connectivity index (χ1) is 19.7. The van der Waals surface area contributed by atoms with Gasteiger partial charge in [-0.15, -0.1) is 0 Å². The van der Waals surface area contributed by atoms with Gasteiger partial charge in [0.2, 0.25) is 17.7 Å². The smallest absolute Gasteiger partial charge is 0.326 e. The third-order valence-electron chi connectivity index (χ3n) is 5.85. The Labute approximate surface area is 240 Å². The van der Waals surface area contributed by atoms with Crippen LogP contribution in [0.5, 0.6) is 5.75 Å². The maximum Gasteiger partial charge on any atom is 0.326 e. The van der Waals surface area contributed by atoms with Crippen molar-refractivity contribution in [3.63, 3.8) is 0 Å². The van der Waals surface area contributed by atoms with Gasteiger partial charge in [0.25, 0.3) is 0 Å². The number of guanidine groups is 1. The van der Waals surface area contributed by atoms with Crippen LogP contribution in [0.4, 0.5) is 0 Å². The molecule has 0 fully saturated rings. The predicted octanol–water partition coefficient (Wildman–Crippen LogP) is -2.42. The molecule has 0 heterocycles. The number of benzene rings is 1. The molecular formula is C25H37N7O10. The molecule has 4 atom stereocenters. The first kappa shape index (κ1) is 35.1. The number of rotatable bonds is 19. The third kappa shape index (κ3) is 13.9. The molecule has 0 saturated heterocycles. The van der Waals surface area contributed by atoms with E-state index in [0.717, 1.165) is 0 Å². The number of hydrogen-bond donors (Lipinski definition) is 10. The van der Waals surface area contributed by atoms with Crippen LogP contribution in [0.2, 0.25) is 0 Å². The number of aliphatic carboxylic acids is 3. The molecule has 0 aliphatic heterocycles. The molecule has 17 heteroatoms. The van der Waals surface area contributed by atoms with Crippen molar-refractivity contribution in [3.8, 4) is 5.75 Å². The van der Waals surface area contributed by atoms with Crippen molar-refractivity contribution in [1.29, 1.82) is 0 Å². The number of carboxylic acid groups (broad SMARTS) is 3. The van der Waals surface area contributed by atoms with E-state index in [0.29, 0.717) is 5.56 Å². The number of carboxylic acids is 3. The minimum absolute atomic E-state index is 0.0591. The molecule has 0 radical (unpaired) electrons. The molecule has 0 aliphatic carbocycles. The first-order valence-corrected chi connectivity index (χ1v) is 12.9. The number of hydrogen-bond acceptors (Lipinski definition) is 9. The summed E-state index contributed by atoms with van der Waals surface area (Å²) in [5.74, 6) is -6.86. The number of nitrogens with two attached hydrogens (primary N) is 3. The molecule has 4 unspecified atom stereocenters. The predicted molar refractivity (Wildman–Crippen MR) is 147 cm³/mol. The van der Waals surface area contributed by atoms with E-state index < -0.39 is 79.1 Å². The Kier molecular flexibility index (Phi) is 14.8. The van der Waals surface area contributed by atoms with Gasteiger partial charge in [-0.3, -0.25) is 29.0 Å².